The zero-order chi connectivity index (χ0) is 20.2. The lowest BCUT2D eigenvalue weighted by atomic mass is 9.44. The maximum absolute atomic E-state index is 13.6. The van der Waals surface area contributed by atoms with Crippen molar-refractivity contribution in [3.8, 4) is 0 Å². The number of ether oxygens (including phenoxy) is 2. The Morgan fingerprint density at radius 2 is 1.89 bits per heavy atom. The molecule has 0 unspecified atom stereocenters. The fourth-order valence-corrected chi connectivity index (χ4v) is 7.01. The molecule has 4 nitrogen and oxygen atoms in total. The van der Waals surface area contributed by atoms with Crippen LogP contribution in [0.2, 0.25) is 0 Å². The minimum atomic E-state index is -0.802. The number of hydrogen-bond donors (Lipinski definition) is 0. The summed E-state index contributed by atoms with van der Waals surface area (Å²) in [7, 11) is 1.76. The summed E-state index contributed by atoms with van der Waals surface area (Å²) >= 11 is 5.70. The van der Waals surface area contributed by atoms with Crippen molar-refractivity contribution >= 4 is 22.8 Å². The molecule has 0 aromatic heterocycles. The third-order valence-corrected chi connectivity index (χ3v) is 8.86. The average Bonchev–Trinajstić information content (AvgIpc) is 3.02. The van der Waals surface area contributed by atoms with E-state index in [0.29, 0.717) is 12.3 Å². The molecule has 0 aliphatic heterocycles. The van der Waals surface area contributed by atoms with Gasteiger partial charge in [-0.15, -0.1) is 6.58 Å². The summed E-state index contributed by atoms with van der Waals surface area (Å²) in [4.78, 5) is 25.4. The van der Waals surface area contributed by atoms with Gasteiger partial charge in [0, 0.05) is 47.8 Å². The predicted molar refractivity (Wildman–Crippen MR) is 106 cm³/mol. The van der Waals surface area contributed by atoms with Crippen molar-refractivity contribution in [2.75, 3.05) is 7.11 Å². The molecule has 152 valence electrons. The number of Topliss-reactive ketones (excluding diaryl/α,β-unsaturated/α-hetero) is 1. The zero-order valence-corrected chi connectivity index (χ0v) is 18.0. The van der Waals surface area contributed by atoms with E-state index in [-0.39, 0.29) is 34.6 Å². The first-order valence-electron chi connectivity index (χ1n) is 10.1. The molecule has 0 N–H and O–H groups in total. The van der Waals surface area contributed by atoms with E-state index in [1.54, 1.807) is 13.2 Å². The van der Waals surface area contributed by atoms with Gasteiger partial charge in [-0.1, -0.05) is 26.8 Å². The van der Waals surface area contributed by atoms with Crippen LogP contribution in [0.5, 0.6) is 0 Å². The summed E-state index contributed by atoms with van der Waals surface area (Å²) in [6.07, 6.45) is 5.72. The predicted octanol–water partition coefficient (Wildman–Crippen LogP) is 5.38. The smallest absolute Gasteiger partial charge is 0.404 e. The third-order valence-electron chi connectivity index (χ3n) is 8.77. The van der Waals surface area contributed by atoms with E-state index in [4.69, 9.17) is 21.1 Å². The number of carbonyl (C=O) groups excluding carboxylic acids is 2. The molecule has 27 heavy (non-hydrogen) atoms. The Balaban J connectivity index is 2.24. The van der Waals surface area contributed by atoms with E-state index in [1.165, 1.54) is 0 Å². The molecule has 3 saturated carbocycles. The number of rotatable bonds is 3. The molecule has 8 atom stereocenters. The van der Waals surface area contributed by atoms with E-state index in [2.05, 4.69) is 27.4 Å². The van der Waals surface area contributed by atoms with Crippen LogP contribution in [0.4, 0.5) is 4.79 Å². The summed E-state index contributed by atoms with van der Waals surface area (Å²) in [6.45, 7) is 12.4. The normalized spacial score (nSPS) is 49.7. The molecule has 0 spiro atoms. The second-order valence-corrected chi connectivity index (χ2v) is 9.89. The molecule has 0 radical (unpaired) electrons. The second-order valence-electron chi connectivity index (χ2n) is 9.59. The van der Waals surface area contributed by atoms with E-state index in [1.807, 2.05) is 6.92 Å². The summed E-state index contributed by atoms with van der Waals surface area (Å²) in [5.41, 5.74) is -1.97. The largest absolute Gasteiger partial charge is 0.450 e. The van der Waals surface area contributed by atoms with Crippen molar-refractivity contribution < 1.29 is 19.1 Å². The molecule has 0 amide bonds. The molecule has 3 rings (SSSR count). The van der Waals surface area contributed by atoms with E-state index in [9.17, 15) is 9.59 Å². The average molecular weight is 397 g/mol. The highest BCUT2D eigenvalue weighted by atomic mass is 35.5. The van der Waals surface area contributed by atoms with Crippen molar-refractivity contribution in [1.29, 1.82) is 0 Å². The van der Waals surface area contributed by atoms with Gasteiger partial charge in [0.05, 0.1) is 6.10 Å². The van der Waals surface area contributed by atoms with Gasteiger partial charge in [0.2, 0.25) is 0 Å². The van der Waals surface area contributed by atoms with Crippen molar-refractivity contribution in [1.82, 2.24) is 0 Å². The highest BCUT2D eigenvalue weighted by molar-refractivity contribution is 6.61. The third kappa shape index (κ3) is 2.81. The monoisotopic (exact) mass is 396 g/mol. The van der Waals surface area contributed by atoms with Crippen LogP contribution in [0.3, 0.4) is 0 Å². The summed E-state index contributed by atoms with van der Waals surface area (Å²) in [5, 5.41) is 0. The quantitative estimate of drug-likeness (QED) is 0.474. The Hall–Kier alpha value is -0.870. The first-order valence-corrected chi connectivity index (χ1v) is 10.5. The molecule has 3 fully saturated rings. The second kappa shape index (κ2) is 6.88. The van der Waals surface area contributed by atoms with Crippen molar-refractivity contribution in [3.05, 3.63) is 12.7 Å². The number of ketones is 1. The number of hydrogen-bond acceptors (Lipinski definition) is 4. The standard InChI is InChI=1S/C22H33ClO4/c1-7-20(4)12-16(27-19(23)25)21(5)13(2)8-10-22(14(3)18(20)24)11-9-15(26-6)17(21)22/h7,13-17H,1,8-12H2,2-6H3/t13-,14+,15-,16-,17-,20-,21+,22+/m1/s1. The molecule has 0 aromatic rings. The fourth-order valence-electron chi connectivity index (χ4n) is 6.91. The number of allylic oxidation sites excluding steroid dienone is 1. The number of carbonyl (C=O) groups is 2. The van der Waals surface area contributed by atoms with Crippen LogP contribution in [0.25, 0.3) is 0 Å². The Bertz CT molecular complexity index is 648. The van der Waals surface area contributed by atoms with Crippen LogP contribution in [0.1, 0.15) is 59.8 Å². The van der Waals surface area contributed by atoms with E-state index < -0.39 is 16.9 Å². The maximum Gasteiger partial charge on any atom is 0.404 e. The Kier molecular flexibility index (Phi) is 5.31. The van der Waals surface area contributed by atoms with Gasteiger partial charge in [-0.2, -0.15) is 0 Å². The number of halogens is 1. The van der Waals surface area contributed by atoms with E-state index in [0.717, 1.165) is 25.7 Å². The van der Waals surface area contributed by atoms with Crippen LogP contribution < -0.4 is 0 Å². The summed E-state index contributed by atoms with van der Waals surface area (Å²) in [6, 6.07) is 0. The van der Waals surface area contributed by atoms with Gasteiger partial charge in [0.1, 0.15) is 11.9 Å². The highest BCUT2D eigenvalue weighted by Crippen LogP contribution is 2.68. The Labute approximate surface area is 168 Å². The lowest BCUT2D eigenvalue weighted by Crippen LogP contribution is -2.62. The van der Waals surface area contributed by atoms with Gasteiger partial charge in [-0.3, -0.25) is 4.79 Å². The van der Waals surface area contributed by atoms with Crippen LogP contribution >= 0.6 is 11.6 Å². The zero-order valence-electron chi connectivity index (χ0n) is 17.2. The van der Waals surface area contributed by atoms with Gasteiger partial charge in [0.25, 0.3) is 0 Å². The minimum Gasteiger partial charge on any atom is -0.450 e. The summed E-state index contributed by atoms with van der Waals surface area (Å²) < 4.78 is 11.7. The molecule has 3 aliphatic rings. The van der Waals surface area contributed by atoms with Crippen molar-refractivity contribution in [2.24, 2.45) is 34.0 Å². The van der Waals surface area contributed by atoms with Crippen LogP contribution in [-0.2, 0) is 14.3 Å². The molecule has 5 heteroatoms. The van der Waals surface area contributed by atoms with Crippen molar-refractivity contribution in [2.45, 2.75) is 72.0 Å². The molecule has 0 heterocycles. The van der Waals surface area contributed by atoms with Gasteiger partial charge in [-0.05, 0) is 43.9 Å². The lowest BCUT2D eigenvalue weighted by molar-refractivity contribution is -0.187. The fraction of sp³-hybridized carbons (Fsp3) is 0.818. The molecule has 2 bridgehead atoms. The van der Waals surface area contributed by atoms with Crippen molar-refractivity contribution in [3.63, 3.8) is 0 Å². The Morgan fingerprint density at radius 1 is 1.26 bits per heavy atom. The SMILES string of the molecule is C=C[C@]1(C)C[C@@H](OC(=O)Cl)[C@]2(C)[C@H](C)CC[C@]3(CC[C@@H](OC)[C@@H]32)[C@@H](C)C1=O. The molecule has 0 saturated heterocycles. The maximum atomic E-state index is 13.6. The van der Waals surface area contributed by atoms with Gasteiger partial charge in [-0.25, -0.2) is 4.79 Å². The van der Waals surface area contributed by atoms with E-state index >= 15 is 0 Å². The molecule has 3 aliphatic carbocycles. The first kappa shape index (κ1) is 20.9. The molecular formula is C22H33ClO4. The Morgan fingerprint density at radius 3 is 2.44 bits per heavy atom. The van der Waals surface area contributed by atoms with Crippen LogP contribution in [0.15, 0.2) is 12.7 Å². The highest BCUT2D eigenvalue weighted by Gasteiger charge is 2.68. The van der Waals surface area contributed by atoms with Gasteiger partial charge >= 0.3 is 5.43 Å². The van der Waals surface area contributed by atoms with Gasteiger partial charge < -0.3 is 9.47 Å². The van der Waals surface area contributed by atoms with Crippen LogP contribution in [-0.4, -0.2) is 30.5 Å². The van der Waals surface area contributed by atoms with Gasteiger partial charge in [0.15, 0.2) is 0 Å². The molecule has 0 aromatic carbocycles. The first-order chi connectivity index (χ1) is 12.6. The lowest BCUT2D eigenvalue weighted by Gasteiger charge is -2.61. The number of methoxy groups -OCH3 is 1. The molecular weight excluding hydrogens is 364 g/mol. The summed E-state index contributed by atoms with van der Waals surface area (Å²) in [5.74, 6) is 0.617. The van der Waals surface area contributed by atoms with Crippen LogP contribution in [0, 0.1) is 34.0 Å². The minimum absolute atomic E-state index is 0.0672. The topological polar surface area (TPSA) is 52.6 Å².